The molecule has 0 N–H and O–H groups in total. The third-order valence-electron chi connectivity index (χ3n) is 5.15. The van der Waals surface area contributed by atoms with E-state index in [0.717, 1.165) is 55.3 Å². The maximum absolute atomic E-state index is 4.90. The average Bonchev–Trinajstić information content (AvgIpc) is 3.29. The van der Waals surface area contributed by atoms with Crippen molar-refractivity contribution in [2.24, 2.45) is 0 Å². The van der Waals surface area contributed by atoms with Crippen LogP contribution in [0.15, 0.2) is 43.0 Å². The van der Waals surface area contributed by atoms with E-state index in [0.29, 0.717) is 6.04 Å². The normalized spacial score (nSPS) is 16.8. The second kappa shape index (κ2) is 7.86. The van der Waals surface area contributed by atoms with Crippen LogP contribution in [0.25, 0.3) is 11.3 Å². The van der Waals surface area contributed by atoms with Gasteiger partial charge >= 0.3 is 0 Å². The number of hydrogen-bond donors (Lipinski definition) is 0. The summed E-state index contributed by atoms with van der Waals surface area (Å²) in [5, 5.41) is 4.61. The molecular weight excluding hydrogens is 336 g/mol. The van der Waals surface area contributed by atoms with Crippen molar-refractivity contribution < 1.29 is 0 Å². The molecule has 1 fully saturated rings. The quantitative estimate of drug-likeness (QED) is 0.670. The van der Waals surface area contributed by atoms with Crippen molar-refractivity contribution in [1.29, 1.82) is 0 Å². The Morgan fingerprint density at radius 3 is 2.96 bits per heavy atom. The number of aromatic nitrogens is 5. The summed E-state index contributed by atoms with van der Waals surface area (Å²) in [6, 6.07) is 6.55. The van der Waals surface area contributed by atoms with Gasteiger partial charge in [-0.25, -0.2) is 9.97 Å². The summed E-state index contributed by atoms with van der Waals surface area (Å²) in [5.41, 5.74) is 4.32. The Kier molecular flexibility index (Phi) is 5.14. The van der Waals surface area contributed by atoms with Gasteiger partial charge in [0.1, 0.15) is 0 Å². The molecule has 6 heteroatoms. The number of aryl methyl sites for hydroxylation is 2. The summed E-state index contributed by atoms with van der Waals surface area (Å²) >= 11 is 0. The van der Waals surface area contributed by atoms with Crippen molar-refractivity contribution in [3.8, 4) is 11.3 Å². The highest BCUT2D eigenvalue weighted by atomic mass is 15.3. The minimum atomic E-state index is 0.424. The standard InChI is InChI=1S/C21H26N6/c1-3-11-26-15-19(16(2)25-26)20-8-10-23-21(24-20)27-12-5-7-18(27)13-17-6-4-9-22-14-17/h4,6,8-10,14-15,18H,3,5,7,11-13H2,1-2H3. The van der Waals surface area contributed by atoms with Crippen molar-refractivity contribution in [3.63, 3.8) is 0 Å². The summed E-state index contributed by atoms with van der Waals surface area (Å²) < 4.78 is 2.01. The van der Waals surface area contributed by atoms with E-state index in [1.807, 2.05) is 42.3 Å². The van der Waals surface area contributed by atoms with E-state index in [9.17, 15) is 0 Å². The molecule has 1 aliphatic rings. The Labute approximate surface area is 160 Å². The lowest BCUT2D eigenvalue weighted by Gasteiger charge is -2.25. The first kappa shape index (κ1) is 17.6. The van der Waals surface area contributed by atoms with Crippen molar-refractivity contribution in [3.05, 3.63) is 54.2 Å². The molecule has 4 heterocycles. The van der Waals surface area contributed by atoms with Crippen LogP contribution in [0.3, 0.4) is 0 Å². The molecule has 4 rings (SSSR count). The monoisotopic (exact) mass is 362 g/mol. The number of rotatable bonds is 6. The number of nitrogens with zero attached hydrogens (tertiary/aromatic N) is 6. The van der Waals surface area contributed by atoms with Crippen LogP contribution in [-0.4, -0.2) is 37.3 Å². The van der Waals surface area contributed by atoms with Gasteiger partial charge in [0.15, 0.2) is 0 Å². The fourth-order valence-corrected chi connectivity index (χ4v) is 3.85. The molecule has 0 bridgehead atoms. The van der Waals surface area contributed by atoms with Crippen LogP contribution in [0, 0.1) is 6.92 Å². The van der Waals surface area contributed by atoms with E-state index in [1.165, 1.54) is 12.0 Å². The summed E-state index contributed by atoms with van der Waals surface area (Å²) in [4.78, 5) is 16.1. The Morgan fingerprint density at radius 2 is 2.15 bits per heavy atom. The molecule has 0 saturated carbocycles. The molecule has 1 unspecified atom stereocenters. The van der Waals surface area contributed by atoms with E-state index in [2.05, 4.69) is 39.2 Å². The molecule has 3 aromatic rings. The molecule has 0 aromatic carbocycles. The highest BCUT2D eigenvalue weighted by Gasteiger charge is 2.27. The maximum atomic E-state index is 4.90. The van der Waals surface area contributed by atoms with E-state index in [-0.39, 0.29) is 0 Å². The molecule has 140 valence electrons. The first-order chi connectivity index (χ1) is 13.2. The molecular formula is C21H26N6. The summed E-state index contributed by atoms with van der Waals surface area (Å²) in [6.07, 6.45) is 12.1. The van der Waals surface area contributed by atoms with Crippen LogP contribution in [-0.2, 0) is 13.0 Å². The van der Waals surface area contributed by atoms with Crippen LogP contribution >= 0.6 is 0 Å². The highest BCUT2D eigenvalue weighted by molar-refractivity contribution is 5.62. The Bertz CT molecular complexity index is 889. The first-order valence-corrected chi connectivity index (χ1v) is 9.77. The Morgan fingerprint density at radius 1 is 1.22 bits per heavy atom. The minimum Gasteiger partial charge on any atom is -0.337 e. The van der Waals surface area contributed by atoms with Crippen LogP contribution < -0.4 is 4.90 Å². The largest absolute Gasteiger partial charge is 0.337 e. The van der Waals surface area contributed by atoms with Crippen molar-refractivity contribution in [1.82, 2.24) is 24.7 Å². The average molecular weight is 362 g/mol. The minimum absolute atomic E-state index is 0.424. The van der Waals surface area contributed by atoms with Gasteiger partial charge < -0.3 is 4.90 Å². The zero-order valence-corrected chi connectivity index (χ0v) is 16.0. The fourth-order valence-electron chi connectivity index (χ4n) is 3.85. The molecule has 1 saturated heterocycles. The maximum Gasteiger partial charge on any atom is 0.226 e. The summed E-state index contributed by atoms with van der Waals surface area (Å²) in [6.45, 7) is 6.14. The molecule has 1 atom stereocenters. The zero-order valence-electron chi connectivity index (χ0n) is 16.0. The van der Waals surface area contributed by atoms with Crippen LogP contribution in [0.1, 0.15) is 37.4 Å². The third kappa shape index (κ3) is 3.84. The van der Waals surface area contributed by atoms with Gasteiger partial charge in [0, 0.05) is 49.5 Å². The highest BCUT2D eigenvalue weighted by Crippen LogP contribution is 2.27. The van der Waals surface area contributed by atoms with Crippen LogP contribution in [0.5, 0.6) is 0 Å². The number of anilines is 1. The Balaban J connectivity index is 1.58. The van der Waals surface area contributed by atoms with Gasteiger partial charge in [-0.1, -0.05) is 13.0 Å². The predicted molar refractivity (Wildman–Crippen MR) is 107 cm³/mol. The van der Waals surface area contributed by atoms with Gasteiger partial charge in [-0.15, -0.1) is 0 Å². The second-order valence-electron chi connectivity index (χ2n) is 7.19. The predicted octanol–water partition coefficient (Wildman–Crippen LogP) is 3.67. The van der Waals surface area contributed by atoms with Crippen LogP contribution in [0.2, 0.25) is 0 Å². The van der Waals surface area contributed by atoms with Gasteiger partial charge in [0.25, 0.3) is 0 Å². The number of pyridine rings is 1. The second-order valence-corrected chi connectivity index (χ2v) is 7.19. The lowest BCUT2D eigenvalue weighted by molar-refractivity contribution is 0.598. The smallest absolute Gasteiger partial charge is 0.226 e. The topological polar surface area (TPSA) is 59.7 Å². The van der Waals surface area contributed by atoms with Gasteiger partial charge in [0.05, 0.1) is 11.4 Å². The van der Waals surface area contributed by atoms with E-state index >= 15 is 0 Å². The SMILES string of the molecule is CCCn1cc(-c2ccnc(N3CCCC3Cc3cccnc3)n2)c(C)n1. The molecule has 0 aliphatic carbocycles. The molecule has 6 nitrogen and oxygen atoms in total. The van der Waals surface area contributed by atoms with Crippen molar-refractivity contribution in [2.45, 2.75) is 52.1 Å². The molecule has 0 spiro atoms. The molecule has 1 aliphatic heterocycles. The van der Waals surface area contributed by atoms with Crippen LogP contribution in [0.4, 0.5) is 5.95 Å². The van der Waals surface area contributed by atoms with E-state index in [4.69, 9.17) is 4.98 Å². The lowest BCUT2D eigenvalue weighted by Crippen LogP contribution is -2.32. The lowest BCUT2D eigenvalue weighted by atomic mass is 10.1. The van der Waals surface area contributed by atoms with Gasteiger partial charge in [0.2, 0.25) is 5.95 Å². The van der Waals surface area contributed by atoms with Crippen molar-refractivity contribution in [2.75, 3.05) is 11.4 Å². The summed E-state index contributed by atoms with van der Waals surface area (Å²) in [5.74, 6) is 0.821. The zero-order chi connectivity index (χ0) is 18.6. The van der Waals surface area contributed by atoms with E-state index in [1.54, 1.807) is 0 Å². The third-order valence-corrected chi connectivity index (χ3v) is 5.15. The number of hydrogen-bond acceptors (Lipinski definition) is 5. The first-order valence-electron chi connectivity index (χ1n) is 9.77. The molecule has 0 radical (unpaired) electrons. The van der Waals surface area contributed by atoms with Crippen molar-refractivity contribution >= 4 is 5.95 Å². The Hall–Kier alpha value is -2.76. The van der Waals surface area contributed by atoms with E-state index < -0.39 is 0 Å². The summed E-state index contributed by atoms with van der Waals surface area (Å²) in [7, 11) is 0. The fraction of sp³-hybridized carbons (Fsp3) is 0.429. The van der Waals surface area contributed by atoms with Gasteiger partial charge in [-0.2, -0.15) is 5.10 Å². The van der Waals surface area contributed by atoms with Gasteiger partial charge in [-0.3, -0.25) is 9.67 Å². The molecule has 27 heavy (non-hydrogen) atoms. The molecule has 0 amide bonds. The molecule has 3 aromatic heterocycles. The van der Waals surface area contributed by atoms with Gasteiger partial charge in [-0.05, 0) is 50.3 Å².